The van der Waals surface area contributed by atoms with E-state index < -0.39 is 44.9 Å². The fourth-order valence-corrected chi connectivity index (χ4v) is 9.27. The van der Waals surface area contributed by atoms with Gasteiger partial charge in [-0.3, -0.25) is 19.2 Å². The number of hydrogen-bond donors (Lipinski definition) is 4. The summed E-state index contributed by atoms with van der Waals surface area (Å²) in [6, 6.07) is 7.57. The van der Waals surface area contributed by atoms with Gasteiger partial charge in [-0.1, -0.05) is 113 Å². The highest BCUT2D eigenvalue weighted by Crippen LogP contribution is 2.29. The largest absolute Gasteiger partial charge is 0.356 e. The van der Waals surface area contributed by atoms with Crippen LogP contribution in [0, 0.1) is 11.3 Å². The number of unbranched alkanes of at least 4 members (excludes halogenated alkanes) is 2. The van der Waals surface area contributed by atoms with Gasteiger partial charge < -0.3 is 25.6 Å². The van der Waals surface area contributed by atoms with Gasteiger partial charge in [0.05, 0.1) is 17.8 Å². The van der Waals surface area contributed by atoms with Crippen LogP contribution in [0.4, 0.5) is 0 Å². The van der Waals surface area contributed by atoms with Crippen molar-refractivity contribution in [3.05, 3.63) is 47.5 Å². The van der Waals surface area contributed by atoms with Crippen LogP contribution in [0.5, 0.6) is 0 Å². The van der Waals surface area contributed by atoms with E-state index in [1.54, 1.807) is 20.2 Å². The fourth-order valence-electron chi connectivity index (χ4n) is 5.94. The van der Waals surface area contributed by atoms with Crippen molar-refractivity contribution in [2.75, 3.05) is 37.9 Å². The molecule has 0 aromatic heterocycles. The van der Waals surface area contributed by atoms with Crippen molar-refractivity contribution in [1.82, 2.24) is 25.6 Å². The summed E-state index contributed by atoms with van der Waals surface area (Å²) in [5, 5.41) is 9.01. The molecule has 0 fully saturated rings. The maximum Gasteiger partial charge on any atom is 0.260 e. The maximum absolute atomic E-state index is 14.2. The summed E-state index contributed by atoms with van der Waals surface area (Å²) < 4.78 is 34.7. The minimum Gasteiger partial charge on any atom is -0.356 e. The number of carbonyl (C=O) groups excluding carboxylic acids is 5. The Balaban J connectivity index is 2.75. The first-order chi connectivity index (χ1) is 26.1. The lowest BCUT2D eigenvalue weighted by atomic mass is 9.76. The number of likely N-dealkylation sites (N-methyl/N-ethyl adjacent to an activating group) is 2. The zero-order valence-corrected chi connectivity index (χ0v) is 37.0. The Labute approximate surface area is 340 Å². The molecule has 0 spiro atoms. The third-order valence-corrected chi connectivity index (χ3v) is 13.1. The van der Waals surface area contributed by atoms with Crippen LogP contribution in [-0.2, 0) is 39.4 Å². The van der Waals surface area contributed by atoms with E-state index in [0.29, 0.717) is 37.3 Å². The van der Waals surface area contributed by atoms with Gasteiger partial charge in [0.25, 0.3) is 5.91 Å². The summed E-state index contributed by atoms with van der Waals surface area (Å²) in [5.41, 5.74) is -0.152. The summed E-state index contributed by atoms with van der Waals surface area (Å²) in [6.07, 6.45) is 4.97. The van der Waals surface area contributed by atoms with Crippen LogP contribution >= 0.6 is 21.6 Å². The number of sulfonamides is 1. The highest BCUT2D eigenvalue weighted by Gasteiger charge is 2.41. The second-order valence-electron chi connectivity index (χ2n) is 15.8. The van der Waals surface area contributed by atoms with E-state index in [9.17, 15) is 32.4 Å². The molecule has 1 aromatic rings. The second kappa shape index (κ2) is 24.0. The smallest absolute Gasteiger partial charge is 0.260 e. The Kier molecular flexibility index (Phi) is 21.1. The van der Waals surface area contributed by atoms with Crippen LogP contribution in [-0.4, -0.2) is 98.8 Å². The number of benzene rings is 1. The summed E-state index contributed by atoms with van der Waals surface area (Å²) in [6.45, 7) is 15.2. The van der Waals surface area contributed by atoms with Gasteiger partial charge in [0, 0.05) is 50.3 Å². The number of Topliss-reactive ketones (excluding diaryl/α,β-unsaturated/α-hetero) is 1. The molecular weight excluding hydrogens is 759 g/mol. The highest BCUT2D eigenvalue weighted by atomic mass is 33.1. The third kappa shape index (κ3) is 18.3. The molecular formula is C40H67N5O7S3. The van der Waals surface area contributed by atoms with Crippen LogP contribution in [0.25, 0.3) is 0 Å². The molecule has 0 radical (unpaired) electrons. The van der Waals surface area contributed by atoms with Gasteiger partial charge in [0.2, 0.25) is 27.7 Å². The second-order valence-corrected chi connectivity index (χ2v) is 20.4. The van der Waals surface area contributed by atoms with Crippen LogP contribution in [0.2, 0.25) is 0 Å². The van der Waals surface area contributed by atoms with Crippen molar-refractivity contribution in [1.29, 1.82) is 0 Å². The Morgan fingerprint density at radius 1 is 0.909 bits per heavy atom. The van der Waals surface area contributed by atoms with Crippen molar-refractivity contribution >= 4 is 61.0 Å². The number of nitrogens with one attached hydrogen (secondary N) is 4. The third-order valence-electron chi connectivity index (χ3n) is 9.29. The zero-order valence-electron chi connectivity index (χ0n) is 35.6. The van der Waals surface area contributed by atoms with Crippen LogP contribution in [0.1, 0.15) is 108 Å². The summed E-state index contributed by atoms with van der Waals surface area (Å²) in [4.78, 5) is 65.8. The van der Waals surface area contributed by atoms with Gasteiger partial charge in [-0.2, -0.15) is 0 Å². The number of rotatable bonds is 25. The van der Waals surface area contributed by atoms with Crippen LogP contribution in [0.3, 0.4) is 0 Å². The topological polar surface area (TPSA) is 171 Å². The number of hydrogen-bond acceptors (Lipinski definition) is 10. The monoisotopic (exact) mass is 827 g/mol. The molecule has 12 nitrogen and oxygen atoms in total. The summed E-state index contributed by atoms with van der Waals surface area (Å²) in [7, 11) is 2.35. The predicted molar refractivity (Wildman–Crippen MR) is 227 cm³/mol. The number of ketones is 1. The molecule has 0 saturated heterocycles. The average molecular weight is 828 g/mol. The Morgan fingerprint density at radius 2 is 1.55 bits per heavy atom. The van der Waals surface area contributed by atoms with Crippen molar-refractivity contribution in [2.45, 2.75) is 124 Å². The molecule has 4 N–H and O–H groups in total. The first-order valence-electron chi connectivity index (χ1n) is 19.6. The number of amides is 4. The van der Waals surface area contributed by atoms with E-state index in [4.69, 9.17) is 1.37 Å². The van der Waals surface area contributed by atoms with Crippen molar-refractivity contribution < 1.29 is 33.8 Å². The highest BCUT2D eigenvalue weighted by molar-refractivity contribution is 8.76. The quantitative estimate of drug-likeness (QED) is 0.0570. The maximum atomic E-state index is 14.2. The van der Waals surface area contributed by atoms with E-state index in [1.165, 1.54) is 33.4 Å². The lowest BCUT2D eigenvalue weighted by molar-refractivity contribution is -0.141. The van der Waals surface area contributed by atoms with E-state index in [1.807, 2.05) is 78.8 Å². The van der Waals surface area contributed by atoms with Gasteiger partial charge in [0.1, 0.15) is 11.8 Å². The molecule has 3 atom stereocenters. The Hall–Kier alpha value is -2.88. The number of carbonyl (C=O) groups is 5. The molecule has 0 bridgehead atoms. The van der Waals surface area contributed by atoms with Gasteiger partial charge in [-0.25, -0.2) is 13.1 Å². The van der Waals surface area contributed by atoms with E-state index in [0.717, 1.165) is 24.8 Å². The van der Waals surface area contributed by atoms with Crippen molar-refractivity contribution in [3.8, 4) is 0 Å². The standard InChI is InChI=1S/C40H67N5O7S3/c1-28(2)32(45(11)38(50)35(39(5,6)7)43-37(49)34(41-10)40(8,9)31-20-15-12-16-21-31)27-29(3)36(48)44-55(51,52)26-18-24-53-54-25-22-33(47)42-23-17-13-14-19-30(4)46/h12,15-16,20-21,27-28,32,34-35,41H,13-14,17-19,22-26H2,1-11H3,(H,42,47)(H,43,49)(H,44,48)/b29-27+/t32-,34-,35-/m1/s1/i4T. The van der Waals surface area contributed by atoms with Gasteiger partial charge in [0.15, 0.2) is 0 Å². The molecule has 0 aliphatic heterocycles. The Bertz CT molecular complexity index is 1570. The summed E-state index contributed by atoms with van der Waals surface area (Å²) >= 11 is 0. The molecule has 0 unspecified atom stereocenters. The van der Waals surface area contributed by atoms with Crippen LogP contribution < -0.4 is 20.7 Å². The molecule has 312 valence electrons. The fraction of sp³-hybridized carbons (Fsp3) is 0.675. The van der Waals surface area contributed by atoms with Crippen LogP contribution in [0.15, 0.2) is 42.0 Å². The van der Waals surface area contributed by atoms with Crippen molar-refractivity contribution in [3.63, 3.8) is 0 Å². The molecule has 0 aliphatic rings. The average Bonchev–Trinajstić information content (AvgIpc) is 3.12. The molecule has 15 heteroatoms. The Morgan fingerprint density at radius 3 is 2.13 bits per heavy atom. The minimum atomic E-state index is -3.93. The van der Waals surface area contributed by atoms with Gasteiger partial charge >= 0.3 is 0 Å². The van der Waals surface area contributed by atoms with E-state index in [2.05, 4.69) is 20.7 Å². The van der Waals surface area contributed by atoms with Gasteiger partial charge in [-0.15, -0.1) is 0 Å². The van der Waals surface area contributed by atoms with E-state index >= 15 is 0 Å². The molecule has 0 saturated carbocycles. The molecule has 0 heterocycles. The number of nitrogens with zero attached hydrogens (tertiary/aromatic N) is 1. The lowest BCUT2D eigenvalue weighted by Gasteiger charge is -2.40. The molecule has 55 heavy (non-hydrogen) atoms. The predicted octanol–water partition coefficient (Wildman–Crippen LogP) is 5.39. The lowest BCUT2D eigenvalue weighted by Crippen LogP contribution is -2.61. The molecule has 4 amide bonds. The SMILES string of the molecule is [3H]CC(=O)CCCCCNC(=O)CCSSCCCS(=O)(=O)NC(=O)/C(C)=C/[C@H](C(C)C)N(C)C(=O)[C@@H](NC(=O)[C@@H](NC)C(C)(C)c1ccccc1)C(C)(C)C. The first-order valence-corrected chi connectivity index (χ1v) is 23.1. The van der Waals surface area contributed by atoms with Crippen molar-refractivity contribution in [2.24, 2.45) is 11.3 Å². The van der Waals surface area contributed by atoms with E-state index in [-0.39, 0.29) is 47.6 Å². The molecule has 1 aromatic carbocycles. The zero-order chi connectivity index (χ0) is 42.7. The van der Waals surface area contributed by atoms with Gasteiger partial charge in [-0.05, 0) is 57.0 Å². The molecule has 0 aliphatic carbocycles. The summed E-state index contributed by atoms with van der Waals surface area (Å²) in [5.74, 6) is -0.878. The minimum absolute atomic E-state index is 0.0635. The molecule has 1 rings (SSSR count). The first kappa shape index (κ1) is 48.3. The normalized spacial score (nSPS) is 14.4.